The molecule has 2 aromatic rings. The molecule has 0 amide bonds. The van der Waals surface area contributed by atoms with Crippen molar-refractivity contribution in [2.45, 2.75) is 12.5 Å². The van der Waals surface area contributed by atoms with Gasteiger partial charge in [-0.15, -0.1) is 0 Å². The monoisotopic (exact) mass is 271 g/mol. The van der Waals surface area contributed by atoms with Crippen LogP contribution in [0.15, 0.2) is 24.4 Å². The van der Waals surface area contributed by atoms with Crippen LogP contribution >= 0.6 is 23.3 Å². The first-order valence-electron chi connectivity index (χ1n) is 5.09. The summed E-state index contributed by atoms with van der Waals surface area (Å²) in [6.07, 6.45) is 2.43. The molecular weight excluding hydrogens is 261 g/mol. The highest BCUT2D eigenvalue weighted by Gasteiger charge is 2.13. The molecule has 1 atom stereocenters. The summed E-state index contributed by atoms with van der Waals surface area (Å²) >= 11 is 6.92. The van der Waals surface area contributed by atoms with Crippen LogP contribution in [0.3, 0.4) is 0 Å². The van der Waals surface area contributed by atoms with Crippen molar-refractivity contribution in [3.8, 4) is 0 Å². The van der Waals surface area contributed by atoms with Crippen LogP contribution < -0.4 is 5.32 Å². The topological polar surface area (TPSA) is 37.8 Å². The third-order valence-corrected chi connectivity index (χ3v) is 3.29. The van der Waals surface area contributed by atoms with E-state index in [1.54, 1.807) is 18.3 Å². The van der Waals surface area contributed by atoms with Gasteiger partial charge in [0, 0.05) is 0 Å². The quantitative estimate of drug-likeness (QED) is 0.929. The molecule has 1 N–H and O–H groups in total. The Kier molecular flexibility index (Phi) is 4.04. The summed E-state index contributed by atoms with van der Waals surface area (Å²) < 4.78 is 21.2. The summed E-state index contributed by atoms with van der Waals surface area (Å²) in [6.45, 7) is 0. The largest absolute Gasteiger partial charge is 0.311 e. The summed E-state index contributed by atoms with van der Waals surface area (Å²) in [5, 5.41) is 3.30. The van der Waals surface area contributed by atoms with Gasteiger partial charge in [-0.2, -0.15) is 8.75 Å². The van der Waals surface area contributed by atoms with E-state index in [0.717, 1.165) is 11.3 Å². The highest BCUT2D eigenvalue weighted by atomic mass is 35.5. The Morgan fingerprint density at radius 3 is 2.94 bits per heavy atom. The molecule has 0 radical (unpaired) electrons. The Balaban J connectivity index is 2.16. The second-order valence-electron chi connectivity index (χ2n) is 3.63. The predicted molar refractivity (Wildman–Crippen MR) is 66.8 cm³/mol. The molecule has 0 aliphatic rings. The van der Waals surface area contributed by atoms with Gasteiger partial charge in [0.05, 0.1) is 34.7 Å². The zero-order valence-electron chi connectivity index (χ0n) is 9.15. The van der Waals surface area contributed by atoms with E-state index in [-0.39, 0.29) is 11.1 Å². The van der Waals surface area contributed by atoms with Crippen LogP contribution in [0, 0.1) is 5.82 Å². The van der Waals surface area contributed by atoms with Crippen molar-refractivity contribution in [1.82, 2.24) is 14.1 Å². The van der Waals surface area contributed by atoms with E-state index in [9.17, 15) is 4.39 Å². The number of nitrogens with zero attached hydrogens (tertiary/aromatic N) is 2. The molecule has 90 valence electrons. The number of benzene rings is 1. The van der Waals surface area contributed by atoms with E-state index in [2.05, 4.69) is 14.1 Å². The van der Waals surface area contributed by atoms with Crippen molar-refractivity contribution in [3.63, 3.8) is 0 Å². The number of hydrogen-bond acceptors (Lipinski definition) is 4. The van der Waals surface area contributed by atoms with Crippen LogP contribution in [0.5, 0.6) is 0 Å². The van der Waals surface area contributed by atoms with E-state index in [1.165, 1.54) is 17.8 Å². The van der Waals surface area contributed by atoms with Crippen LogP contribution in [-0.2, 0) is 6.42 Å². The normalized spacial score (nSPS) is 12.6. The summed E-state index contributed by atoms with van der Waals surface area (Å²) in [4.78, 5) is 0. The predicted octanol–water partition coefficient (Wildman–Crippen LogP) is 2.83. The van der Waals surface area contributed by atoms with Gasteiger partial charge in [0.25, 0.3) is 0 Å². The molecule has 0 fully saturated rings. The van der Waals surface area contributed by atoms with Gasteiger partial charge < -0.3 is 5.32 Å². The number of hydrogen-bond donors (Lipinski definition) is 1. The molecule has 1 heterocycles. The Bertz CT molecular complexity index is 489. The molecule has 2 rings (SSSR count). The molecule has 0 bridgehead atoms. The Hall–Kier alpha value is -1.04. The van der Waals surface area contributed by atoms with Crippen LogP contribution in [0.1, 0.15) is 17.3 Å². The molecule has 1 unspecified atom stereocenters. The summed E-state index contributed by atoms with van der Waals surface area (Å²) in [5.41, 5.74) is 1.85. The summed E-state index contributed by atoms with van der Waals surface area (Å²) in [6, 6.07) is 4.81. The zero-order chi connectivity index (χ0) is 12.3. The molecule has 6 heteroatoms. The van der Waals surface area contributed by atoms with Gasteiger partial charge in [-0.1, -0.05) is 17.7 Å². The SMILES string of the molecule is CNC(Cc1ccc(F)c(Cl)c1)c1cnsn1. The van der Waals surface area contributed by atoms with E-state index < -0.39 is 5.82 Å². The lowest BCUT2D eigenvalue weighted by molar-refractivity contribution is 0.578. The minimum atomic E-state index is -0.397. The van der Waals surface area contributed by atoms with Crippen molar-refractivity contribution in [3.05, 3.63) is 46.5 Å². The Morgan fingerprint density at radius 1 is 1.53 bits per heavy atom. The molecular formula is C11H11ClFN3S. The maximum Gasteiger partial charge on any atom is 0.141 e. The highest BCUT2D eigenvalue weighted by Crippen LogP contribution is 2.21. The fraction of sp³-hybridized carbons (Fsp3) is 0.273. The third-order valence-electron chi connectivity index (χ3n) is 2.51. The number of nitrogens with one attached hydrogen (secondary N) is 1. The van der Waals surface area contributed by atoms with E-state index in [1.807, 2.05) is 7.05 Å². The van der Waals surface area contributed by atoms with Crippen molar-refractivity contribution in [2.75, 3.05) is 7.05 Å². The van der Waals surface area contributed by atoms with E-state index in [0.29, 0.717) is 6.42 Å². The Labute approximate surface area is 108 Å². The summed E-state index contributed by atoms with van der Waals surface area (Å²) in [5.74, 6) is -0.397. The fourth-order valence-electron chi connectivity index (χ4n) is 1.58. The molecule has 1 aromatic heterocycles. The molecule has 0 aliphatic carbocycles. The highest BCUT2D eigenvalue weighted by molar-refractivity contribution is 6.99. The van der Waals surface area contributed by atoms with Crippen molar-refractivity contribution in [1.29, 1.82) is 0 Å². The van der Waals surface area contributed by atoms with Crippen molar-refractivity contribution >= 4 is 23.3 Å². The van der Waals surface area contributed by atoms with Crippen molar-refractivity contribution in [2.24, 2.45) is 0 Å². The molecule has 0 saturated heterocycles. The van der Waals surface area contributed by atoms with Crippen LogP contribution in [0.25, 0.3) is 0 Å². The lowest BCUT2D eigenvalue weighted by atomic mass is 10.0. The molecule has 3 nitrogen and oxygen atoms in total. The zero-order valence-corrected chi connectivity index (χ0v) is 10.7. The first-order valence-corrected chi connectivity index (χ1v) is 6.20. The van der Waals surface area contributed by atoms with Crippen molar-refractivity contribution < 1.29 is 4.39 Å². The van der Waals surface area contributed by atoms with Crippen LogP contribution in [0.2, 0.25) is 5.02 Å². The van der Waals surface area contributed by atoms with Gasteiger partial charge in [-0.3, -0.25) is 0 Å². The van der Waals surface area contributed by atoms with E-state index >= 15 is 0 Å². The number of rotatable bonds is 4. The van der Waals surface area contributed by atoms with Crippen LogP contribution in [0.4, 0.5) is 4.39 Å². The van der Waals surface area contributed by atoms with Crippen LogP contribution in [-0.4, -0.2) is 15.8 Å². The molecule has 17 heavy (non-hydrogen) atoms. The summed E-state index contributed by atoms with van der Waals surface area (Å²) in [7, 11) is 1.86. The minimum absolute atomic E-state index is 0.0651. The second kappa shape index (κ2) is 5.53. The minimum Gasteiger partial charge on any atom is -0.311 e. The molecule has 1 aromatic carbocycles. The molecule has 0 aliphatic heterocycles. The lowest BCUT2D eigenvalue weighted by Gasteiger charge is -2.13. The Morgan fingerprint density at radius 2 is 2.35 bits per heavy atom. The second-order valence-corrected chi connectivity index (χ2v) is 4.59. The maximum atomic E-state index is 13.0. The number of aromatic nitrogens is 2. The molecule has 0 saturated carbocycles. The third kappa shape index (κ3) is 3.00. The smallest absolute Gasteiger partial charge is 0.141 e. The van der Waals surface area contributed by atoms with Gasteiger partial charge in [0.15, 0.2) is 0 Å². The molecule has 0 spiro atoms. The van der Waals surface area contributed by atoms with Gasteiger partial charge in [0.2, 0.25) is 0 Å². The number of halogens is 2. The average Bonchev–Trinajstić information content (AvgIpc) is 2.84. The fourth-order valence-corrected chi connectivity index (χ4v) is 2.26. The first-order chi connectivity index (χ1) is 8.20. The van der Waals surface area contributed by atoms with Gasteiger partial charge >= 0.3 is 0 Å². The van der Waals surface area contributed by atoms with E-state index in [4.69, 9.17) is 11.6 Å². The van der Waals surface area contributed by atoms with Gasteiger partial charge in [-0.05, 0) is 31.2 Å². The maximum absolute atomic E-state index is 13.0. The average molecular weight is 272 g/mol. The first kappa shape index (κ1) is 12.4. The van der Waals surface area contributed by atoms with Gasteiger partial charge in [0.1, 0.15) is 5.82 Å². The standard InChI is InChI=1S/C11H11ClFN3S/c1-14-10(11-6-15-17-16-11)5-7-2-3-9(13)8(12)4-7/h2-4,6,10,14H,5H2,1H3. The van der Waals surface area contributed by atoms with Gasteiger partial charge in [-0.25, -0.2) is 4.39 Å². The lowest BCUT2D eigenvalue weighted by Crippen LogP contribution is -2.19. The number of likely N-dealkylation sites (N-methyl/N-ethyl adjacent to an activating group) is 1.